The van der Waals surface area contributed by atoms with Crippen molar-refractivity contribution in [2.75, 3.05) is 24.5 Å². The van der Waals surface area contributed by atoms with Crippen LogP contribution in [0.15, 0.2) is 66.0 Å². The van der Waals surface area contributed by atoms with Gasteiger partial charge in [-0.2, -0.15) is 0 Å². The number of thiazole rings is 1. The summed E-state index contributed by atoms with van der Waals surface area (Å²) in [5.74, 6) is -0.144. The number of imide groups is 1. The first kappa shape index (κ1) is 19.9. The molecule has 1 aromatic heterocycles. The maximum Gasteiger partial charge on any atom is 0.332 e. The van der Waals surface area contributed by atoms with Gasteiger partial charge in [0.05, 0.1) is 11.4 Å². The molecule has 0 saturated carbocycles. The molecule has 3 heterocycles. The van der Waals surface area contributed by atoms with Crippen molar-refractivity contribution in [3.05, 3.63) is 71.7 Å². The number of nitrogens with zero attached hydrogens (tertiary/aromatic N) is 4. The van der Waals surface area contributed by atoms with Crippen molar-refractivity contribution in [3.8, 4) is 10.6 Å². The van der Waals surface area contributed by atoms with Crippen molar-refractivity contribution in [2.24, 2.45) is 0 Å². The standard InChI is InChI=1S/C24H24N4O2S/c29-22-16-27(24(30)28(22)21-9-5-2-6-10-21)20-11-13-26(14-12-20)15-19-17-31-23(25-19)18-7-3-1-4-8-18/h1-10,17,20H,11-16H2. The monoisotopic (exact) mass is 432 g/mol. The molecule has 0 atom stereocenters. The Morgan fingerprint density at radius 3 is 2.32 bits per heavy atom. The van der Waals surface area contributed by atoms with E-state index in [4.69, 9.17) is 4.98 Å². The lowest BCUT2D eigenvalue weighted by atomic mass is 10.0. The molecule has 2 aromatic carbocycles. The molecule has 158 valence electrons. The molecule has 2 fully saturated rings. The van der Waals surface area contributed by atoms with Gasteiger partial charge in [-0.1, -0.05) is 48.5 Å². The third kappa shape index (κ3) is 4.11. The zero-order chi connectivity index (χ0) is 21.2. The van der Waals surface area contributed by atoms with Gasteiger partial charge < -0.3 is 4.90 Å². The molecule has 7 heteroatoms. The van der Waals surface area contributed by atoms with Gasteiger partial charge in [0.1, 0.15) is 11.6 Å². The van der Waals surface area contributed by atoms with E-state index >= 15 is 0 Å². The molecule has 31 heavy (non-hydrogen) atoms. The Kier molecular flexibility index (Phi) is 5.53. The van der Waals surface area contributed by atoms with Crippen molar-refractivity contribution in [3.63, 3.8) is 0 Å². The maximum absolute atomic E-state index is 12.9. The minimum absolute atomic E-state index is 0.108. The SMILES string of the molecule is O=C1CN(C2CCN(Cc3csc(-c4ccccc4)n3)CC2)C(=O)N1c1ccccc1. The number of anilines is 1. The number of urea groups is 1. The van der Waals surface area contributed by atoms with Crippen LogP contribution in [0.2, 0.25) is 0 Å². The average Bonchev–Trinajstić information content (AvgIpc) is 3.39. The minimum Gasteiger partial charge on any atom is -0.312 e. The number of rotatable bonds is 5. The van der Waals surface area contributed by atoms with Crippen LogP contribution in [0.1, 0.15) is 18.5 Å². The summed E-state index contributed by atoms with van der Waals surface area (Å²) in [7, 11) is 0. The van der Waals surface area contributed by atoms with Crippen LogP contribution in [0.25, 0.3) is 10.6 Å². The molecule has 0 radical (unpaired) electrons. The molecule has 2 aliphatic rings. The molecular weight excluding hydrogens is 408 g/mol. The Bertz CT molecular complexity index is 1060. The van der Waals surface area contributed by atoms with Gasteiger partial charge in [-0.25, -0.2) is 14.7 Å². The van der Waals surface area contributed by atoms with Crippen LogP contribution in [0.5, 0.6) is 0 Å². The van der Waals surface area contributed by atoms with Gasteiger partial charge in [-0.05, 0) is 25.0 Å². The highest BCUT2D eigenvalue weighted by Crippen LogP contribution is 2.28. The number of carbonyl (C=O) groups is 2. The number of piperidine rings is 1. The highest BCUT2D eigenvalue weighted by Gasteiger charge is 2.41. The molecule has 0 spiro atoms. The van der Waals surface area contributed by atoms with Crippen molar-refractivity contribution in [2.45, 2.75) is 25.4 Å². The predicted octanol–water partition coefficient (Wildman–Crippen LogP) is 4.24. The Morgan fingerprint density at radius 1 is 0.935 bits per heavy atom. The van der Waals surface area contributed by atoms with E-state index in [1.54, 1.807) is 28.4 Å². The van der Waals surface area contributed by atoms with Crippen LogP contribution in [-0.4, -0.2) is 52.4 Å². The lowest BCUT2D eigenvalue weighted by Gasteiger charge is -2.35. The fraction of sp³-hybridized carbons (Fsp3) is 0.292. The number of hydrogen-bond donors (Lipinski definition) is 0. The molecule has 3 amide bonds. The first-order chi connectivity index (χ1) is 15.2. The van der Waals surface area contributed by atoms with Gasteiger partial charge in [0, 0.05) is 36.6 Å². The minimum atomic E-state index is -0.193. The van der Waals surface area contributed by atoms with E-state index in [2.05, 4.69) is 22.4 Å². The molecule has 2 aliphatic heterocycles. The van der Waals surface area contributed by atoms with Gasteiger partial charge in [0.15, 0.2) is 0 Å². The normalized spacial score (nSPS) is 18.2. The van der Waals surface area contributed by atoms with Crippen LogP contribution in [0, 0.1) is 0 Å². The fourth-order valence-electron chi connectivity index (χ4n) is 4.35. The number of carbonyl (C=O) groups excluding carboxylic acids is 2. The third-order valence-corrected chi connectivity index (χ3v) is 6.90. The summed E-state index contributed by atoms with van der Waals surface area (Å²) in [6.07, 6.45) is 1.74. The molecule has 0 aliphatic carbocycles. The van der Waals surface area contributed by atoms with E-state index in [1.807, 2.05) is 36.4 Å². The first-order valence-electron chi connectivity index (χ1n) is 10.6. The van der Waals surface area contributed by atoms with Crippen LogP contribution >= 0.6 is 11.3 Å². The number of likely N-dealkylation sites (tertiary alicyclic amines) is 1. The molecule has 0 bridgehead atoms. The second kappa shape index (κ2) is 8.61. The zero-order valence-electron chi connectivity index (χ0n) is 17.2. The Balaban J connectivity index is 1.18. The second-order valence-electron chi connectivity index (χ2n) is 7.99. The molecular formula is C24H24N4O2S. The summed E-state index contributed by atoms with van der Waals surface area (Å²) in [6, 6.07) is 19.3. The van der Waals surface area contributed by atoms with Crippen LogP contribution in [0.3, 0.4) is 0 Å². The van der Waals surface area contributed by atoms with Crippen LogP contribution in [0.4, 0.5) is 10.5 Å². The van der Waals surface area contributed by atoms with E-state index in [9.17, 15) is 9.59 Å². The van der Waals surface area contributed by atoms with Gasteiger partial charge in [-0.15, -0.1) is 11.3 Å². The largest absolute Gasteiger partial charge is 0.332 e. The molecule has 0 unspecified atom stereocenters. The zero-order valence-corrected chi connectivity index (χ0v) is 18.0. The number of hydrogen-bond acceptors (Lipinski definition) is 5. The summed E-state index contributed by atoms with van der Waals surface area (Å²) in [6.45, 7) is 2.78. The Hall–Kier alpha value is -3.03. The fourth-order valence-corrected chi connectivity index (χ4v) is 5.16. The number of benzene rings is 2. The average molecular weight is 433 g/mol. The summed E-state index contributed by atoms with van der Waals surface area (Å²) >= 11 is 1.68. The highest BCUT2D eigenvalue weighted by atomic mass is 32.1. The topological polar surface area (TPSA) is 56.8 Å². The number of para-hydroxylation sites is 1. The molecule has 0 N–H and O–H groups in total. The summed E-state index contributed by atoms with van der Waals surface area (Å²) in [5.41, 5.74) is 2.89. The van der Waals surface area contributed by atoms with E-state index in [1.165, 1.54) is 4.90 Å². The number of aromatic nitrogens is 1. The molecule has 3 aromatic rings. The third-order valence-electron chi connectivity index (χ3n) is 5.96. The van der Waals surface area contributed by atoms with Crippen molar-refractivity contribution in [1.82, 2.24) is 14.8 Å². The van der Waals surface area contributed by atoms with E-state index in [0.29, 0.717) is 5.69 Å². The van der Waals surface area contributed by atoms with Crippen LogP contribution in [-0.2, 0) is 11.3 Å². The van der Waals surface area contributed by atoms with Gasteiger partial charge >= 0.3 is 6.03 Å². The predicted molar refractivity (Wildman–Crippen MR) is 122 cm³/mol. The summed E-state index contributed by atoms with van der Waals surface area (Å²) in [4.78, 5) is 35.7. The van der Waals surface area contributed by atoms with Gasteiger partial charge in [-0.3, -0.25) is 9.69 Å². The maximum atomic E-state index is 12.9. The smallest absolute Gasteiger partial charge is 0.312 e. The Morgan fingerprint density at radius 2 is 1.61 bits per heavy atom. The van der Waals surface area contributed by atoms with Gasteiger partial charge in [0.25, 0.3) is 5.91 Å². The number of amides is 3. The molecule has 2 saturated heterocycles. The second-order valence-corrected chi connectivity index (χ2v) is 8.85. The van der Waals surface area contributed by atoms with E-state index < -0.39 is 0 Å². The Labute approximate surface area is 185 Å². The van der Waals surface area contributed by atoms with E-state index in [0.717, 1.165) is 48.7 Å². The quantitative estimate of drug-likeness (QED) is 0.566. The molecule has 6 nitrogen and oxygen atoms in total. The van der Waals surface area contributed by atoms with E-state index in [-0.39, 0.29) is 24.5 Å². The summed E-state index contributed by atoms with van der Waals surface area (Å²) in [5, 5.41) is 3.18. The molecule has 5 rings (SSSR count). The first-order valence-corrected chi connectivity index (χ1v) is 11.5. The van der Waals surface area contributed by atoms with Crippen molar-refractivity contribution in [1.29, 1.82) is 0 Å². The van der Waals surface area contributed by atoms with Gasteiger partial charge in [0.2, 0.25) is 0 Å². The lowest BCUT2D eigenvalue weighted by Crippen LogP contribution is -2.46. The lowest BCUT2D eigenvalue weighted by molar-refractivity contribution is -0.116. The van der Waals surface area contributed by atoms with Crippen molar-refractivity contribution < 1.29 is 9.59 Å². The summed E-state index contributed by atoms with van der Waals surface area (Å²) < 4.78 is 0. The highest BCUT2D eigenvalue weighted by molar-refractivity contribution is 7.13. The van der Waals surface area contributed by atoms with Crippen molar-refractivity contribution >= 4 is 29.0 Å². The van der Waals surface area contributed by atoms with Crippen LogP contribution < -0.4 is 4.90 Å².